The van der Waals surface area contributed by atoms with Gasteiger partial charge in [-0.15, -0.1) is 0 Å². The molecule has 0 atom stereocenters. The highest BCUT2D eigenvalue weighted by Crippen LogP contribution is 2.32. The number of amides is 1. The molecule has 0 aliphatic heterocycles. The first kappa shape index (κ1) is 19.5. The summed E-state index contributed by atoms with van der Waals surface area (Å²) >= 11 is 4.80. The summed E-state index contributed by atoms with van der Waals surface area (Å²) in [7, 11) is 0. The number of H-pyrrole nitrogens is 1. The molecule has 1 amide bonds. The van der Waals surface area contributed by atoms with Crippen molar-refractivity contribution in [2.24, 2.45) is 0 Å². The number of hydrogen-bond acceptors (Lipinski definition) is 3. The number of nitrogens with zero attached hydrogens (tertiary/aromatic N) is 1. The fourth-order valence-electron chi connectivity index (χ4n) is 2.94. The van der Waals surface area contributed by atoms with Crippen LogP contribution in [0.3, 0.4) is 0 Å². The van der Waals surface area contributed by atoms with Crippen molar-refractivity contribution in [2.45, 2.75) is 5.16 Å². The second kappa shape index (κ2) is 9.11. The maximum atomic E-state index is 12.3. The molecule has 0 aliphatic carbocycles. The number of nitrogens with one attached hydrogen (secondary N) is 2. The van der Waals surface area contributed by atoms with Crippen LogP contribution in [0.4, 0.5) is 5.69 Å². The average molecular weight is 464 g/mol. The Kier molecular flexibility index (Phi) is 6.12. The number of halogens is 1. The van der Waals surface area contributed by atoms with Gasteiger partial charge in [0, 0.05) is 21.3 Å². The lowest BCUT2D eigenvalue weighted by molar-refractivity contribution is -0.113. The first-order valence-corrected chi connectivity index (χ1v) is 10.9. The molecule has 0 aliphatic rings. The summed E-state index contributed by atoms with van der Waals surface area (Å²) in [5.74, 6) is 0.190. The van der Waals surface area contributed by atoms with E-state index >= 15 is 0 Å². The second-order valence-corrected chi connectivity index (χ2v) is 8.22. The summed E-state index contributed by atoms with van der Waals surface area (Å²) in [5, 5.41) is 3.62. The number of aromatic amines is 1. The quantitative estimate of drug-likeness (QED) is 0.332. The Morgan fingerprint density at radius 3 is 2.31 bits per heavy atom. The first-order chi connectivity index (χ1) is 14.2. The summed E-state index contributed by atoms with van der Waals surface area (Å²) in [6, 6.07) is 27.7. The highest BCUT2D eigenvalue weighted by molar-refractivity contribution is 9.10. The molecule has 1 aromatic heterocycles. The molecule has 3 aromatic carbocycles. The molecule has 2 N–H and O–H groups in total. The summed E-state index contributed by atoms with van der Waals surface area (Å²) in [5.41, 5.74) is 4.69. The highest BCUT2D eigenvalue weighted by Gasteiger charge is 2.15. The summed E-state index contributed by atoms with van der Waals surface area (Å²) in [6.45, 7) is 0. The molecular weight excluding hydrogens is 446 g/mol. The number of carbonyl (C=O) groups is 1. The number of thioether (sulfide) groups is 1. The van der Waals surface area contributed by atoms with Crippen molar-refractivity contribution in [1.29, 1.82) is 0 Å². The third kappa shape index (κ3) is 4.96. The van der Waals surface area contributed by atoms with E-state index in [-0.39, 0.29) is 11.7 Å². The zero-order chi connectivity index (χ0) is 20.1. The van der Waals surface area contributed by atoms with Crippen molar-refractivity contribution in [1.82, 2.24) is 9.97 Å². The Bertz CT molecular complexity index is 1060. The van der Waals surface area contributed by atoms with Crippen LogP contribution < -0.4 is 5.32 Å². The molecule has 0 spiro atoms. The van der Waals surface area contributed by atoms with Gasteiger partial charge >= 0.3 is 0 Å². The lowest BCUT2D eigenvalue weighted by atomic mass is 10.1. The van der Waals surface area contributed by atoms with Gasteiger partial charge < -0.3 is 10.3 Å². The Morgan fingerprint density at radius 2 is 1.62 bits per heavy atom. The molecule has 0 bridgehead atoms. The molecule has 4 aromatic rings. The minimum Gasteiger partial charge on any atom is -0.332 e. The predicted octanol–water partition coefficient (Wildman–Crippen LogP) is 6.24. The molecular formula is C23H18BrN3OS. The zero-order valence-electron chi connectivity index (χ0n) is 15.4. The third-order valence-electron chi connectivity index (χ3n) is 4.24. The normalized spacial score (nSPS) is 10.7. The molecule has 0 unspecified atom stereocenters. The van der Waals surface area contributed by atoms with Crippen LogP contribution in [-0.4, -0.2) is 21.6 Å². The first-order valence-electron chi connectivity index (χ1n) is 9.08. The van der Waals surface area contributed by atoms with Crippen LogP contribution >= 0.6 is 27.7 Å². The number of carbonyl (C=O) groups excluding carboxylic acids is 1. The van der Waals surface area contributed by atoms with Gasteiger partial charge in [0.15, 0.2) is 5.16 Å². The van der Waals surface area contributed by atoms with Gasteiger partial charge in [-0.1, -0.05) is 94.4 Å². The second-order valence-electron chi connectivity index (χ2n) is 6.34. The topological polar surface area (TPSA) is 57.8 Å². The van der Waals surface area contributed by atoms with Crippen LogP contribution in [0.25, 0.3) is 22.5 Å². The van der Waals surface area contributed by atoms with Crippen molar-refractivity contribution in [3.63, 3.8) is 0 Å². The van der Waals surface area contributed by atoms with Crippen molar-refractivity contribution in [2.75, 3.05) is 11.1 Å². The van der Waals surface area contributed by atoms with Gasteiger partial charge in [0.2, 0.25) is 5.91 Å². The van der Waals surface area contributed by atoms with E-state index in [1.807, 2.05) is 84.9 Å². The number of benzene rings is 3. The largest absolute Gasteiger partial charge is 0.332 e. The maximum absolute atomic E-state index is 12.3. The van der Waals surface area contributed by atoms with Gasteiger partial charge in [0.1, 0.15) is 0 Å². The molecule has 0 radical (unpaired) electrons. The van der Waals surface area contributed by atoms with Gasteiger partial charge in [-0.25, -0.2) is 4.98 Å². The molecule has 0 fully saturated rings. The van der Waals surface area contributed by atoms with Crippen LogP contribution in [0.5, 0.6) is 0 Å². The van der Waals surface area contributed by atoms with Crippen molar-refractivity contribution >= 4 is 39.3 Å². The van der Waals surface area contributed by atoms with Crippen molar-refractivity contribution in [3.8, 4) is 22.5 Å². The van der Waals surface area contributed by atoms with Crippen LogP contribution in [0.2, 0.25) is 0 Å². The summed E-state index contributed by atoms with van der Waals surface area (Å²) in [6.07, 6.45) is 0. The molecule has 0 saturated heterocycles. The molecule has 6 heteroatoms. The monoisotopic (exact) mass is 463 g/mol. The van der Waals surface area contributed by atoms with E-state index in [2.05, 4.69) is 26.2 Å². The molecule has 0 saturated carbocycles. The minimum atomic E-state index is -0.0768. The molecule has 1 heterocycles. The molecule has 144 valence electrons. The highest BCUT2D eigenvalue weighted by atomic mass is 79.9. The number of aromatic nitrogens is 2. The lowest BCUT2D eigenvalue weighted by Crippen LogP contribution is -2.14. The Labute approximate surface area is 181 Å². The van der Waals surface area contributed by atoms with Crippen LogP contribution in [0.15, 0.2) is 94.6 Å². The zero-order valence-corrected chi connectivity index (χ0v) is 17.8. The van der Waals surface area contributed by atoms with E-state index < -0.39 is 0 Å². The number of hydrogen-bond donors (Lipinski definition) is 2. The summed E-state index contributed by atoms with van der Waals surface area (Å²) in [4.78, 5) is 20.5. The molecule has 4 rings (SSSR count). The third-order valence-corrected chi connectivity index (χ3v) is 5.61. The molecule has 29 heavy (non-hydrogen) atoms. The smallest absolute Gasteiger partial charge is 0.234 e. The van der Waals surface area contributed by atoms with E-state index in [1.54, 1.807) is 0 Å². The van der Waals surface area contributed by atoms with Gasteiger partial charge in [0.05, 0.1) is 17.1 Å². The Balaban J connectivity index is 1.53. The van der Waals surface area contributed by atoms with E-state index in [9.17, 15) is 4.79 Å². The number of rotatable bonds is 6. The average Bonchev–Trinajstić information content (AvgIpc) is 3.18. The maximum Gasteiger partial charge on any atom is 0.234 e. The molecule has 4 nitrogen and oxygen atoms in total. The fourth-order valence-corrected chi connectivity index (χ4v) is 4.01. The van der Waals surface area contributed by atoms with Crippen LogP contribution in [0.1, 0.15) is 0 Å². The van der Waals surface area contributed by atoms with E-state index in [4.69, 9.17) is 4.98 Å². The van der Waals surface area contributed by atoms with Gasteiger partial charge in [-0.3, -0.25) is 4.79 Å². The number of anilines is 1. The van der Waals surface area contributed by atoms with Crippen molar-refractivity contribution in [3.05, 3.63) is 89.4 Å². The fraction of sp³-hybridized carbons (Fsp3) is 0.0435. The Morgan fingerprint density at radius 1 is 0.931 bits per heavy atom. The standard InChI is InChI=1S/C23H18BrN3OS/c24-18-12-7-13-19(14-18)25-20(28)15-29-23-26-21(16-8-3-1-4-9-16)22(27-23)17-10-5-2-6-11-17/h1-14H,15H2,(H,25,28)(H,26,27). The predicted molar refractivity (Wildman–Crippen MR) is 123 cm³/mol. The van der Waals surface area contributed by atoms with Crippen LogP contribution in [0, 0.1) is 0 Å². The van der Waals surface area contributed by atoms with E-state index in [1.165, 1.54) is 11.8 Å². The minimum absolute atomic E-state index is 0.0768. The SMILES string of the molecule is O=C(CSc1nc(-c2ccccc2)c(-c2ccccc2)[nH]1)Nc1cccc(Br)c1. The van der Waals surface area contributed by atoms with Gasteiger partial charge in [-0.2, -0.15) is 0 Å². The van der Waals surface area contributed by atoms with E-state index in [0.717, 1.165) is 32.7 Å². The Hall–Kier alpha value is -2.83. The lowest BCUT2D eigenvalue weighted by Gasteiger charge is -2.04. The van der Waals surface area contributed by atoms with Gasteiger partial charge in [0.25, 0.3) is 0 Å². The van der Waals surface area contributed by atoms with Gasteiger partial charge in [-0.05, 0) is 18.2 Å². The summed E-state index contributed by atoms with van der Waals surface area (Å²) < 4.78 is 0.925. The number of imidazole rings is 1. The van der Waals surface area contributed by atoms with Crippen LogP contribution in [-0.2, 0) is 4.79 Å². The van der Waals surface area contributed by atoms with E-state index in [0.29, 0.717) is 5.16 Å². The van der Waals surface area contributed by atoms with Crippen molar-refractivity contribution < 1.29 is 4.79 Å².